The smallest absolute Gasteiger partial charge is 0.00763 e. The van der Waals surface area contributed by atoms with E-state index in [-0.39, 0.29) is 0 Å². The van der Waals surface area contributed by atoms with Crippen molar-refractivity contribution in [3.63, 3.8) is 0 Å². The highest BCUT2D eigenvalue weighted by Crippen LogP contribution is 2.27. The van der Waals surface area contributed by atoms with Crippen molar-refractivity contribution in [3.8, 4) is 0 Å². The lowest BCUT2D eigenvalue weighted by atomic mass is 9.93. The van der Waals surface area contributed by atoms with Gasteiger partial charge in [-0.15, -0.1) is 0 Å². The van der Waals surface area contributed by atoms with Crippen molar-refractivity contribution < 1.29 is 0 Å². The summed E-state index contributed by atoms with van der Waals surface area (Å²) in [6.45, 7) is 0. The lowest BCUT2D eigenvalue weighted by molar-refractivity contribution is 1.29. The first kappa shape index (κ1) is 13.8. The van der Waals surface area contributed by atoms with Crippen molar-refractivity contribution in [2.75, 3.05) is 0 Å². The second-order valence-electron chi connectivity index (χ2n) is 5.73. The molecule has 5 rings (SSSR count). The van der Waals surface area contributed by atoms with E-state index in [1.165, 1.54) is 32.7 Å². The van der Waals surface area contributed by atoms with Gasteiger partial charge in [0.05, 0.1) is 0 Å². The molecule has 0 amide bonds. The molecule has 0 atom stereocenters. The zero-order valence-corrected chi connectivity index (χ0v) is 12.9. The van der Waals surface area contributed by atoms with E-state index in [1.54, 1.807) is 0 Å². The van der Waals surface area contributed by atoms with Crippen molar-refractivity contribution in [2.45, 2.75) is 6.42 Å². The van der Waals surface area contributed by atoms with Gasteiger partial charge in [-0.3, -0.25) is 0 Å². The van der Waals surface area contributed by atoms with E-state index in [2.05, 4.69) is 72.8 Å². The molecule has 0 saturated carbocycles. The maximum Gasteiger partial charge on any atom is -0.00763 e. The summed E-state index contributed by atoms with van der Waals surface area (Å²) in [5.74, 6) is 0. The van der Waals surface area contributed by atoms with Gasteiger partial charge in [0.15, 0.2) is 0 Å². The van der Waals surface area contributed by atoms with Gasteiger partial charge in [0.25, 0.3) is 0 Å². The summed E-state index contributed by atoms with van der Waals surface area (Å²) in [6.07, 6.45) is 5.53. The molecular weight excluding hydrogens is 276 g/mol. The average molecular weight is 293 g/mol. The first-order chi connectivity index (χ1) is 11.4. The van der Waals surface area contributed by atoms with Crippen LogP contribution < -0.4 is 0 Å². The molecular formula is C23H17. The normalized spacial score (nSPS) is 12.0. The molecule has 4 aromatic rings. The summed E-state index contributed by atoms with van der Waals surface area (Å²) in [7, 11) is 0. The Morgan fingerprint density at radius 3 is 2.39 bits per heavy atom. The highest BCUT2D eigenvalue weighted by Gasteiger charge is 2.06. The van der Waals surface area contributed by atoms with Crippen LogP contribution >= 0.6 is 0 Å². The number of rotatable bonds is 0. The summed E-state index contributed by atoms with van der Waals surface area (Å²) in [5.41, 5.74) is 2.81. The van der Waals surface area contributed by atoms with E-state index in [4.69, 9.17) is 0 Å². The fourth-order valence-corrected chi connectivity index (χ4v) is 3.14. The largest absolute Gasteiger partial charge is 0.0795 e. The maximum atomic E-state index is 3.15. The number of hydrogen-bond acceptors (Lipinski definition) is 0. The molecule has 0 spiro atoms. The molecule has 0 nitrogen and oxygen atoms in total. The van der Waals surface area contributed by atoms with E-state index >= 15 is 0 Å². The zero-order valence-electron chi connectivity index (χ0n) is 12.9. The van der Waals surface area contributed by atoms with E-state index in [0.29, 0.717) is 0 Å². The fourth-order valence-electron chi connectivity index (χ4n) is 3.14. The molecule has 1 aliphatic carbocycles. The molecule has 0 aromatic heterocycles. The van der Waals surface area contributed by atoms with Gasteiger partial charge in [0, 0.05) is 0 Å². The molecule has 1 radical (unpaired) electrons. The quantitative estimate of drug-likeness (QED) is 0.370. The monoisotopic (exact) mass is 293 g/mol. The van der Waals surface area contributed by atoms with Crippen LogP contribution in [0.2, 0.25) is 0 Å². The predicted octanol–water partition coefficient (Wildman–Crippen LogP) is 6.05. The van der Waals surface area contributed by atoms with Crippen LogP contribution in [0.4, 0.5) is 0 Å². The van der Waals surface area contributed by atoms with Crippen molar-refractivity contribution in [1.29, 1.82) is 0 Å². The Morgan fingerprint density at radius 1 is 0.696 bits per heavy atom. The molecule has 0 aliphatic heterocycles. The molecule has 0 heteroatoms. The van der Waals surface area contributed by atoms with E-state index < -0.39 is 0 Å². The molecule has 109 valence electrons. The summed E-state index contributed by atoms with van der Waals surface area (Å²) in [5, 5.41) is 5.24. The van der Waals surface area contributed by atoms with Gasteiger partial charge in [-0.1, -0.05) is 91.0 Å². The molecule has 0 fully saturated rings. The standard InChI is InChI=1S/C13H10.C10H7/c1-4-10-6-2-8-12-9-3-7-11(5-1)13(10)12;1-2-6-10-8-4-3-7-9(10)5-1/h1-8H,9H2;1-7H. The van der Waals surface area contributed by atoms with Crippen molar-refractivity contribution in [2.24, 2.45) is 0 Å². The minimum Gasteiger partial charge on any atom is -0.0795 e. The molecule has 0 bridgehead atoms. The number of benzene rings is 4. The first-order valence-corrected chi connectivity index (χ1v) is 7.94. The number of allylic oxidation sites excluding steroid dienone is 1. The highest BCUT2D eigenvalue weighted by atomic mass is 14.1. The molecule has 0 N–H and O–H groups in total. The molecule has 0 saturated heterocycles. The van der Waals surface area contributed by atoms with Crippen LogP contribution in [0.5, 0.6) is 0 Å². The van der Waals surface area contributed by atoms with Crippen molar-refractivity contribution >= 4 is 27.6 Å². The first-order valence-electron chi connectivity index (χ1n) is 7.94. The third-order valence-corrected chi connectivity index (χ3v) is 4.23. The van der Waals surface area contributed by atoms with E-state index in [1.807, 2.05) is 24.3 Å². The Hall–Kier alpha value is -2.86. The van der Waals surface area contributed by atoms with Gasteiger partial charge in [-0.05, 0) is 45.2 Å². The van der Waals surface area contributed by atoms with Gasteiger partial charge >= 0.3 is 0 Å². The van der Waals surface area contributed by atoms with Gasteiger partial charge in [-0.2, -0.15) is 0 Å². The van der Waals surface area contributed by atoms with E-state index in [0.717, 1.165) is 6.42 Å². The minimum absolute atomic E-state index is 1.08. The molecule has 0 heterocycles. The Balaban J connectivity index is 0.000000122. The van der Waals surface area contributed by atoms with Gasteiger partial charge in [-0.25, -0.2) is 0 Å². The van der Waals surface area contributed by atoms with Crippen molar-refractivity contribution in [1.82, 2.24) is 0 Å². The van der Waals surface area contributed by atoms with Crippen LogP contribution in [0.1, 0.15) is 11.1 Å². The minimum atomic E-state index is 1.08. The predicted molar refractivity (Wildman–Crippen MR) is 99.5 cm³/mol. The van der Waals surface area contributed by atoms with Crippen LogP contribution in [0.3, 0.4) is 0 Å². The Labute approximate surface area is 136 Å². The SMILES string of the molecule is C1=Cc2cccc3cccc(c23)C1.[c]1cccc2ccccc12. The van der Waals surface area contributed by atoms with Crippen LogP contribution in [0.15, 0.2) is 84.9 Å². The van der Waals surface area contributed by atoms with Crippen molar-refractivity contribution in [3.05, 3.63) is 102 Å². The summed E-state index contributed by atoms with van der Waals surface area (Å²) in [6, 6.07) is 30.4. The third kappa shape index (κ3) is 2.76. The third-order valence-electron chi connectivity index (χ3n) is 4.23. The lowest BCUT2D eigenvalue weighted by Gasteiger charge is -2.11. The Bertz CT molecular complexity index is 922. The topological polar surface area (TPSA) is 0 Å². The molecule has 23 heavy (non-hydrogen) atoms. The second-order valence-corrected chi connectivity index (χ2v) is 5.73. The fraction of sp³-hybridized carbons (Fsp3) is 0.0435. The summed E-state index contributed by atoms with van der Waals surface area (Å²) < 4.78 is 0. The van der Waals surface area contributed by atoms with Crippen LogP contribution in [0.25, 0.3) is 27.6 Å². The Morgan fingerprint density at radius 2 is 1.48 bits per heavy atom. The molecule has 1 aliphatic rings. The molecule has 4 aromatic carbocycles. The lowest BCUT2D eigenvalue weighted by Crippen LogP contribution is -1.91. The highest BCUT2D eigenvalue weighted by molar-refractivity contribution is 5.94. The zero-order chi connectivity index (χ0) is 15.5. The number of fused-ring (bicyclic) bond motifs is 1. The number of hydrogen-bond donors (Lipinski definition) is 0. The summed E-state index contributed by atoms with van der Waals surface area (Å²) in [4.78, 5) is 0. The van der Waals surface area contributed by atoms with E-state index in [9.17, 15) is 0 Å². The van der Waals surface area contributed by atoms with Gasteiger partial charge < -0.3 is 0 Å². The van der Waals surface area contributed by atoms with Crippen LogP contribution in [0, 0.1) is 6.07 Å². The van der Waals surface area contributed by atoms with Gasteiger partial charge in [0.1, 0.15) is 0 Å². The maximum absolute atomic E-state index is 3.15. The Kier molecular flexibility index (Phi) is 3.65. The van der Waals surface area contributed by atoms with Crippen LogP contribution in [-0.2, 0) is 6.42 Å². The summed E-state index contributed by atoms with van der Waals surface area (Å²) >= 11 is 0. The van der Waals surface area contributed by atoms with Crippen LogP contribution in [-0.4, -0.2) is 0 Å². The van der Waals surface area contributed by atoms with Gasteiger partial charge in [0.2, 0.25) is 0 Å². The molecule has 0 unspecified atom stereocenters. The average Bonchev–Trinajstić information content (AvgIpc) is 2.63. The second kappa shape index (κ2) is 6.10.